The van der Waals surface area contributed by atoms with E-state index in [4.69, 9.17) is 11.6 Å². The van der Waals surface area contributed by atoms with E-state index in [1.165, 1.54) is 12.1 Å². The third kappa shape index (κ3) is 3.11. The van der Waals surface area contributed by atoms with Crippen LogP contribution in [0.3, 0.4) is 0 Å². The Bertz CT molecular complexity index is 332. The molecule has 13 heavy (non-hydrogen) atoms. The molecule has 0 fully saturated rings. The van der Waals surface area contributed by atoms with Gasteiger partial charge in [-0.05, 0) is 18.2 Å². The Hall–Kier alpha value is -0.360. The predicted octanol–water partition coefficient (Wildman–Crippen LogP) is 2.85. The molecule has 0 bridgehead atoms. The fraction of sp³-hybridized carbons (Fsp3) is 0.125. The first kappa shape index (κ1) is 10.7. The number of amides is 1. The lowest BCUT2D eigenvalue weighted by Gasteiger charge is -2.03. The zero-order valence-corrected chi connectivity index (χ0v) is 9.39. The molecule has 70 valence electrons. The maximum absolute atomic E-state index is 13.0. The van der Waals surface area contributed by atoms with E-state index in [1.807, 2.05) is 22.6 Å². The molecule has 1 N–H and O–H groups in total. The number of nitrogens with one attached hydrogen (secondary N) is 1. The number of rotatable bonds is 2. The average Bonchev–Trinajstić information content (AvgIpc) is 2.09. The second-order valence-electron chi connectivity index (χ2n) is 2.31. The molecule has 0 spiro atoms. The number of hydrogen-bond donors (Lipinski definition) is 1. The van der Waals surface area contributed by atoms with Gasteiger partial charge >= 0.3 is 0 Å². The molecule has 0 atom stereocenters. The van der Waals surface area contributed by atoms with E-state index in [9.17, 15) is 9.18 Å². The Labute approximate surface area is 93.6 Å². The third-order valence-electron chi connectivity index (χ3n) is 1.33. The summed E-state index contributed by atoms with van der Waals surface area (Å²) in [7, 11) is 0. The monoisotopic (exact) mass is 313 g/mol. The fourth-order valence-electron chi connectivity index (χ4n) is 0.774. The fourth-order valence-corrected chi connectivity index (χ4v) is 1.12. The summed E-state index contributed by atoms with van der Waals surface area (Å²) in [5, 5.41) is 2.72. The first-order chi connectivity index (χ1) is 6.13. The van der Waals surface area contributed by atoms with Crippen molar-refractivity contribution in [1.82, 2.24) is 0 Å². The second-order valence-corrected chi connectivity index (χ2v) is 3.51. The van der Waals surface area contributed by atoms with E-state index < -0.39 is 5.82 Å². The summed E-state index contributed by atoms with van der Waals surface area (Å²) in [5.74, 6) is -0.757. The third-order valence-corrected chi connectivity index (χ3v) is 2.25. The van der Waals surface area contributed by atoms with Crippen LogP contribution in [0.2, 0.25) is 5.02 Å². The Morgan fingerprint density at radius 1 is 1.62 bits per heavy atom. The van der Waals surface area contributed by atoms with E-state index in [0.717, 1.165) is 6.07 Å². The van der Waals surface area contributed by atoms with Crippen molar-refractivity contribution in [3.05, 3.63) is 29.0 Å². The van der Waals surface area contributed by atoms with E-state index >= 15 is 0 Å². The van der Waals surface area contributed by atoms with Crippen LogP contribution < -0.4 is 5.32 Å². The first-order valence-corrected chi connectivity index (χ1v) is 5.34. The molecule has 5 heteroatoms. The number of carbonyl (C=O) groups excluding carboxylic acids is 1. The molecule has 0 aliphatic heterocycles. The first-order valence-electron chi connectivity index (χ1n) is 3.44. The van der Waals surface area contributed by atoms with Crippen molar-refractivity contribution < 1.29 is 9.18 Å². The Balaban J connectivity index is 2.83. The molecule has 0 radical (unpaired) electrons. The van der Waals surface area contributed by atoms with Crippen LogP contribution in [0, 0.1) is 5.82 Å². The molecular weight excluding hydrogens is 307 g/mol. The Morgan fingerprint density at radius 2 is 2.31 bits per heavy atom. The Morgan fingerprint density at radius 3 is 2.85 bits per heavy atom. The molecular formula is C8H6ClFINO. The van der Waals surface area contributed by atoms with Gasteiger partial charge in [-0.1, -0.05) is 34.2 Å². The molecule has 1 aromatic carbocycles. The lowest BCUT2D eigenvalue weighted by molar-refractivity contribution is -0.113. The number of carbonyl (C=O) groups is 1. The number of anilines is 1. The largest absolute Gasteiger partial charge is 0.323 e. The number of benzene rings is 1. The van der Waals surface area contributed by atoms with Gasteiger partial charge in [0.2, 0.25) is 5.91 Å². The van der Waals surface area contributed by atoms with Gasteiger partial charge in [0.25, 0.3) is 0 Å². The summed E-state index contributed by atoms with van der Waals surface area (Å²) in [5.41, 5.74) is 0.158. The topological polar surface area (TPSA) is 29.1 Å². The van der Waals surface area contributed by atoms with Gasteiger partial charge < -0.3 is 5.32 Å². The molecule has 1 amide bonds. The standard InChI is InChI=1S/C8H6ClFINO/c9-5-1-2-7(6(10)3-5)12-8(13)4-11/h1-3H,4H2,(H,12,13). The molecule has 2 nitrogen and oxygen atoms in total. The van der Waals surface area contributed by atoms with Crippen LogP contribution >= 0.6 is 34.2 Å². The van der Waals surface area contributed by atoms with Crippen LogP contribution in [0.15, 0.2) is 18.2 Å². The van der Waals surface area contributed by atoms with Crippen molar-refractivity contribution in [3.8, 4) is 0 Å². The summed E-state index contributed by atoms with van der Waals surface area (Å²) in [4.78, 5) is 10.9. The van der Waals surface area contributed by atoms with E-state index in [-0.39, 0.29) is 11.6 Å². The van der Waals surface area contributed by atoms with Crippen LogP contribution in [0.25, 0.3) is 0 Å². The normalized spacial score (nSPS) is 9.77. The van der Waals surface area contributed by atoms with Crippen molar-refractivity contribution in [2.45, 2.75) is 0 Å². The van der Waals surface area contributed by atoms with Crippen molar-refractivity contribution in [1.29, 1.82) is 0 Å². The number of hydrogen-bond acceptors (Lipinski definition) is 1. The molecule has 0 heterocycles. The van der Waals surface area contributed by atoms with Gasteiger partial charge in [0.1, 0.15) is 5.82 Å². The van der Waals surface area contributed by atoms with Gasteiger partial charge in [-0.2, -0.15) is 0 Å². The van der Waals surface area contributed by atoms with Crippen LogP contribution in [0.1, 0.15) is 0 Å². The lowest BCUT2D eigenvalue weighted by atomic mass is 10.3. The van der Waals surface area contributed by atoms with Gasteiger partial charge in [0.15, 0.2) is 0 Å². The summed E-state index contributed by atoms with van der Waals surface area (Å²) in [6.07, 6.45) is 0. The molecule has 0 unspecified atom stereocenters. The van der Waals surface area contributed by atoms with Gasteiger partial charge in [-0.3, -0.25) is 4.79 Å². The summed E-state index contributed by atoms with van der Waals surface area (Å²) in [6, 6.07) is 4.11. The van der Waals surface area contributed by atoms with Crippen molar-refractivity contribution >= 4 is 45.8 Å². The van der Waals surface area contributed by atoms with Gasteiger partial charge in [-0.25, -0.2) is 4.39 Å². The number of alkyl halides is 1. The minimum atomic E-state index is -0.522. The smallest absolute Gasteiger partial charge is 0.234 e. The molecule has 0 aliphatic carbocycles. The average molecular weight is 313 g/mol. The molecule has 0 saturated heterocycles. The quantitative estimate of drug-likeness (QED) is 0.660. The molecule has 1 rings (SSSR count). The molecule has 1 aromatic rings. The molecule has 0 aromatic heterocycles. The molecule has 0 aliphatic rings. The highest BCUT2D eigenvalue weighted by Gasteiger charge is 2.05. The van der Waals surface area contributed by atoms with Crippen LogP contribution in [-0.2, 0) is 4.79 Å². The zero-order valence-electron chi connectivity index (χ0n) is 6.48. The maximum Gasteiger partial charge on any atom is 0.234 e. The van der Waals surface area contributed by atoms with Crippen molar-refractivity contribution in [3.63, 3.8) is 0 Å². The SMILES string of the molecule is O=C(CI)Nc1ccc(Cl)cc1F. The highest BCUT2D eigenvalue weighted by atomic mass is 127. The Kier molecular flexibility index (Phi) is 3.92. The van der Waals surface area contributed by atoms with Crippen LogP contribution in [-0.4, -0.2) is 10.3 Å². The second kappa shape index (κ2) is 4.76. The molecule has 0 saturated carbocycles. The van der Waals surface area contributed by atoms with Crippen molar-refractivity contribution in [2.75, 3.05) is 9.74 Å². The van der Waals surface area contributed by atoms with Gasteiger partial charge in [0, 0.05) is 5.02 Å². The summed E-state index contributed by atoms with van der Waals surface area (Å²) < 4.78 is 13.3. The van der Waals surface area contributed by atoms with Gasteiger partial charge in [0.05, 0.1) is 10.1 Å². The van der Waals surface area contributed by atoms with E-state index in [0.29, 0.717) is 9.45 Å². The zero-order chi connectivity index (χ0) is 9.84. The summed E-state index contributed by atoms with van der Waals surface area (Å²) >= 11 is 7.43. The van der Waals surface area contributed by atoms with Gasteiger partial charge in [-0.15, -0.1) is 0 Å². The highest BCUT2D eigenvalue weighted by Crippen LogP contribution is 2.18. The number of halogens is 3. The highest BCUT2D eigenvalue weighted by molar-refractivity contribution is 14.1. The van der Waals surface area contributed by atoms with Crippen LogP contribution in [0.5, 0.6) is 0 Å². The maximum atomic E-state index is 13.0. The lowest BCUT2D eigenvalue weighted by Crippen LogP contribution is -2.13. The minimum Gasteiger partial charge on any atom is -0.323 e. The summed E-state index contributed by atoms with van der Waals surface area (Å²) in [6.45, 7) is 0. The van der Waals surface area contributed by atoms with Crippen molar-refractivity contribution in [2.24, 2.45) is 0 Å². The minimum absolute atomic E-state index is 0.158. The van der Waals surface area contributed by atoms with Crippen LogP contribution in [0.4, 0.5) is 10.1 Å². The van der Waals surface area contributed by atoms with E-state index in [2.05, 4.69) is 5.32 Å². The van der Waals surface area contributed by atoms with E-state index in [1.54, 1.807) is 0 Å². The predicted molar refractivity (Wildman–Crippen MR) is 58.9 cm³/mol.